The van der Waals surface area contributed by atoms with E-state index in [-0.39, 0.29) is 5.91 Å². The van der Waals surface area contributed by atoms with Crippen LogP contribution < -0.4 is 0 Å². The first-order valence-electron chi connectivity index (χ1n) is 10.7. The van der Waals surface area contributed by atoms with E-state index in [1.165, 1.54) is 5.56 Å². The van der Waals surface area contributed by atoms with Gasteiger partial charge in [-0.3, -0.25) is 9.69 Å². The van der Waals surface area contributed by atoms with E-state index in [1.807, 2.05) is 4.90 Å². The molecule has 2 aliphatic heterocycles. The SMILES string of the molecule is COCC1CCN(C[C@]2(O)CCCN(Cc3ccc(C(C)C)cc3)C2=O)CC1. The summed E-state index contributed by atoms with van der Waals surface area (Å²) >= 11 is 0. The molecule has 0 saturated carbocycles. The number of piperidine rings is 2. The second-order valence-corrected chi connectivity index (χ2v) is 8.93. The lowest BCUT2D eigenvalue weighted by molar-refractivity contribution is -0.160. The van der Waals surface area contributed by atoms with Crippen LogP contribution in [-0.2, 0) is 16.1 Å². The van der Waals surface area contributed by atoms with Crippen molar-refractivity contribution in [1.29, 1.82) is 0 Å². The Balaban J connectivity index is 1.58. The second kappa shape index (κ2) is 9.38. The molecule has 5 heteroatoms. The van der Waals surface area contributed by atoms with Crippen molar-refractivity contribution in [1.82, 2.24) is 9.80 Å². The maximum Gasteiger partial charge on any atom is 0.256 e. The van der Waals surface area contributed by atoms with Crippen molar-refractivity contribution in [3.63, 3.8) is 0 Å². The number of amides is 1. The van der Waals surface area contributed by atoms with E-state index in [1.54, 1.807) is 7.11 Å². The van der Waals surface area contributed by atoms with Gasteiger partial charge in [0, 0.05) is 33.4 Å². The fourth-order valence-corrected chi connectivity index (χ4v) is 4.51. The number of benzene rings is 1. The number of likely N-dealkylation sites (tertiary alicyclic amines) is 2. The number of hydrogen-bond donors (Lipinski definition) is 1. The molecule has 28 heavy (non-hydrogen) atoms. The first-order chi connectivity index (χ1) is 13.4. The van der Waals surface area contributed by atoms with Crippen LogP contribution >= 0.6 is 0 Å². The molecule has 0 bridgehead atoms. The molecule has 2 heterocycles. The molecule has 0 aliphatic carbocycles. The van der Waals surface area contributed by atoms with Crippen LogP contribution in [0.2, 0.25) is 0 Å². The molecule has 2 saturated heterocycles. The van der Waals surface area contributed by atoms with Crippen LogP contribution in [0.4, 0.5) is 0 Å². The highest BCUT2D eigenvalue weighted by atomic mass is 16.5. The maximum absolute atomic E-state index is 13.1. The number of ether oxygens (including phenoxy) is 1. The average molecular weight is 389 g/mol. The fourth-order valence-electron chi connectivity index (χ4n) is 4.51. The Morgan fingerprint density at radius 3 is 2.46 bits per heavy atom. The molecule has 0 radical (unpaired) electrons. The van der Waals surface area contributed by atoms with Crippen LogP contribution in [0.25, 0.3) is 0 Å². The Hall–Kier alpha value is -1.43. The number of β-amino-alcohol motifs (C(OH)–C–C–N with tert-alkyl or cyclic N) is 1. The summed E-state index contributed by atoms with van der Waals surface area (Å²) in [6, 6.07) is 8.50. The predicted molar refractivity (Wildman–Crippen MR) is 111 cm³/mol. The summed E-state index contributed by atoms with van der Waals surface area (Å²) in [5, 5.41) is 11.2. The minimum absolute atomic E-state index is 0.106. The molecule has 5 nitrogen and oxygen atoms in total. The standard InChI is InChI=1S/C23H36N2O3/c1-18(2)21-7-5-19(6-8-21)15-25-12-4-11-23(27,22(25)26)17-24-13-9-20(10-14-24)16-28-3/h5-8,18,20,27H,4,9-17H2,1-3H3/t23-/m1/s1. The van der Waals surface area contributed by atoms with Crippen molar-refractivity contribution in [2.45, 2.75) is 57.6 Å². The molecule has 3 rings (SSSR count). The summed E-state index contributed by atoms with van der Waals surface area (Å²) in [7, 11) is 1.75. The minimum atomic E-state index is -1.25. The van der Waals surface area contributed by atoms with Crippen molar-refractivity contribution < 1.29 is 14.6 Å². The number of carbonyl (C=O) groups excluding carboxylic acids is 1. The van der Waals surface area contributed by atoms with E-state index in [2.05, 4.69) is 43.0 Å². The van der Waals surface area contributed by atoms with Gasteiger partial charge in [-0.05, 0) is 61.7 Å². The lowest BCUT2D eigenvalue weighted by Gasteiger charge is -2.42. The van der Waals surface area contributed by atoms with Gasteiger partial charge >= 0.3 is 0 Å². The van der Waals surface area contributed by atoms with Gasteiger partial charge in [-0.1, -0.05) is 38.1 Å². The maximum atomic E-state index is 13.1. The smallest absolute Gasteiger partial charge is 0.256 e. The summed E-state index contributed by atoms with van der Waals surface area (Å²) in [6.07, 6.45) is 3.56. The van der Waals surface area contributed by atoms with E-state index in [0.29, 0.717) is 31.3 Å². The van der Waals surface area contributed by atoms with Gasteiger partial charge in [0.25, 0.3) is 5.91 Å². The van der Waals surface area contributed by atoms with E-state index < -0.39 is 5.60 Å². The molecular formula is C23H36N2O3. The molecule has 1 N–H and O–H groups in total. The minimum Gasteiger partial charge on any atom is -0.384 e. The number of carbonyl (C=O) groups is 1. The number of aliphatic hydroxyl groups is 1. The Labute approximate surface area is 169 Å². The average Bonchev–Trinajstić information content (AvgIpc) is 2.68. The number of methoxy groups -OCH3 is 1. The second-order valence-electron chi connectivity index (χ2n) is 8.93. The van der Waals surface area contributed by atoms with E-state index in [9.17, 15) is 9.90 Å². The van der Waals surface area contributed by atoms with Crippen molar-refractivity contribution in [3.05, 3.63) is 35.4 Å². The molecule has 0 unspecified atom stereocenters. The first kappa shape index (κ1) is 21.3. The molecule has 1 aromatic rings. The highest BCUT2D eigenvalue weighted by Crippen LogP contribution is 2.28. The zero-order valence-corrected chi connectivity index (χ0v) is 17.7. The Bertz CT molecular complexity index is 638. The molecule has 1 aromatic carbocycles. The molecule has 156 valence electrons. The summed E-state index contributed by atoms with van der Waals surface area (Å²) < 4.78 is 5.27. The molecule has 1 amide bonds. The van der Waals surface area contributed by atoms with Gasteiger partial charge in [-0.2, -0.15) is 0 Å². The number of rotatable bonds is 7. The third-order valence-electron chi connectivity index (χ3n) is 6.32. The normalized spacial score (nSPS) is 24.9. The van der Waals surface area contributed by atoms with Gasteiger partial charge in [0.1, 0.15) is 0 Å². The fraction of sp³-hybridized carbons (Fsp3) is 0.696. The molecule has 2 aliphatic rings. The largest absolute Gasteiger partial charge is 0.384 e. The van der Waals surface area contributed by atoms with Crippen molar-refractivity contribution in [2.75, 3.05) is 39.9 Å². The highest BCUT2D eigenvalue weighted by molar-refractivity contribution is 5.86. The summed E-state index contributed by atoms with van der Waals surface area (Å²) in [4.78, 5) is 17.2. The summed E-state index contributed by atoms with van der Waals surface area (Å²) in [5.74, 6) is 0.998. The van der Waals surface area contributed by atoms with E-state index in [0.717, 1.165) is 51.1 Å². The number of nitrogens with zero attached hydrogens (tertiary/aromatic N) is 2. The summed E-state index contributed by atoms with van der Waals surface area (Å²) in [5.41, 5.74) is 1.19. The Morgan fingerprint density at radius 1 is 1.18 bits per heavy atom. The first-order valence-corrected chi connectivity index (χ1v) is 10.7. The van der Waals surface area contributed by atoms with Gasteiger partial charge < -0.3 is 14.7 Å². The highest BCUT2D eigenvalue weighted by Gasteiger charge is 2.43. The van der Waals surface area contributed by atoms with Gasteiger partial charge in [-0.25, -0.2) is 0 Å². The molecule has 0 aromatic heterocycles. The zero-order chi connectivity index (χ0) is 20.1. The van der Waals surface area contributed by atoms with Crippen LogP contribution in [0.3, 0.4) is 0 Å². The van der Waals surface area contributed by atoms with Crippen molar-refractivity contribution in [3.8, 4) is 0 Å². The number of hydrogen-bond acceptors (Lipinski definition) is 4. The van der Waals surface area contributed by atoms with E-state index in [4.69, 9.17) is 4.74 Å². The molecule has 1 atom stereocenters. The topological polar surface area (TPSA) is 53.0 Å². The van der Waals surface area contributed by atoms with Gasteiger partial charge in [0.15, 0.2) is 5.60 Å². The molecule has 0 spiro atoms. The summed E-state index contributed by atoms with van der Waals surface area (Å²) in [6.45, 7) is 8.79. The molecule has 2 fully saturated rings. The van der Waals surface area contributed by atoms with E-state index >= 15 is 0 Å². The molecular weight excluding hydrogens is 352 g/mol. The van der Waals surface area contributed by atoms with Crippen LogP contribution in [0.15, 0.2) is 24.3 Å². The van der Waals surface area contributed by atoms with Crippen LogP contribution in [0.1, 0.15) is 56.6 Å². The Morgan fingerprint density at radius 2 is 1.86 bits per heavy atom. The lowest BCUT2D eigenvalue weighted by atomic mass is 9.89. The van der Waals surface area contributed by atoms with Gasteiger partial charge in [-0.15, -0.1) is 0 Å². The van der Waals surface area contributed by atoms with Crippen molar-refractivity contribution in [2.24, 2.45) is 5.92 Å². The third-order valence-corrected chi connectivity index (χ3v) is 6.32. The quantitative estimate of drug-likeness (QED) is 0.780. The van der Waals surface area contributed by atoms with Gasteiger partial charge in [0.2, 0.25) is 0 Å². The van der Waals surface area contributed by atoms with Crippen LogP contribution in [0.5, 0.6) is 0 Å². The zero-order valence-electron chi connectivity index (χ0n) is 17.7. The third kappa shape index (κ3) is 5.13. The predicted octanol–water partition coefficient (Wildman–Crippen LogP) is 3.02. The van der Waals surface area contributed by atoms with Crippen LogP contribution in [-0.4, -0.2) is 66.3 Å². The lowest BCUT2D eigenvalue weighted by Crippen LogP contribution is -2.59. The van der Waals surface area contributed by atoms with Crippen LogP contribution in [0, 0.1) is 5.92 Å². The Kier molecular flexibility index (Phi) is 7.13. The van der Waals surface area contributed by atoms with Gasteiger partial charge in [0.05, 0.1) is 0 Å². The monoisotopic (exact) mass is 388 g/mol. The van der Waals surface area contributed by atoms with Crippen molar-refractivity contribution >= 4 is 5.91 Å².